The molecule has 0 spiro atoms. The molecule has 1 saturated heterocycles. The van der Waals surface area contributed by atoms with E-state index in [1.807, 2.05) is 36.5 Å². The zero-order chi connectivity index (χ0) is 22.4. The van der Waals surface area contributed by atoms with E-state index >= 15 is 0 Å². The van der Waals surface area contributed by atoms with E-state index in [9.17, 15) is 9.59 Å². The fraction of sp³-hybridized carbons (Fsp3) is 0.333. The van der Waals surface area contributed by atoms with Crippen LogP contribution in [0.15, 0.2) is 41.3 Å². The van der Waals surface area contributed by atoms with Crippen molar-refractivity contribution in [3.8, 4) is 10.4 Å². The maximum Gasteiger partial charge on any atom is 0.410 e. The number of H-pyrrole nitrogens is 2. The van der Waals surface area contributed by atoms with E-state index in [0.717, 1.165) is 64.9 Å². The predicted molar refractivity (Wildman–Crippen MR) is 125 cm³/mol. The summed E-state index contributed by atoms with van der Waals surface area (Å²) in [4.78, 5) is 36.6. The summed E-state index contributed by atoms with van der Waals surface area (Å²) in [6, 6.07) is 9.32. The number of fused-ring (bicyclic) bond motifs is 5. The number of benzene rings is 1. The number of nitrogens with one attached hydrogen (secondary N) is 2. The third kappa shape index (κ3) is 3.52. The van der Waals surface area contributed by atoms with E-state index in [-0.39, 0.29) is 24.3 Å². The molecule has 1 amide bonds. The minimum Gasteiger partial charge on any atom is -0.445 e. The summed E-state index contributed by atoms with van der Waals surface area (Å²) in [5.74, 6) is 0.541. The number of hydrogen-bond donors (Lipinski definition) is 2. The van der Waals surface area contributed by atoms with Gasteiger partial charge in [-0.25, -0.2) is 9.78 Å². The van der Waals surface area contributed by atoms with Crippen LogP contribution in [0.4, 0.5) is 4.79 Å². The first-order valence-corrected chi connectivity index (χ1v) is 12.1. The lowest BCUT2D eigenvalue weighted by atomic mass is 10.1. The van der Waals surface area contributed by atoms with Gasteiger partial charge in [-0.05, 0) is 43.2 Å². The summed E-state index contributed by atoms with van der Waals surface area (Å²) in [7, 11) is 0. The standard InChI is InChI=1S/C24H23N5O3S/c30-23-21-19(15-8-4-9-17-16(12-25-28-17)20(15)33-21)26-22(27-23)18-10-5-11-29(18)24(31)32-13-14-6-2-1-3-7-14/h1-3,6-7,12,18H,4-5,8-11,13H2,(H,25,28)(H,26,27,30). The third-order valence-electron chi connectivity index (χ3n) is 6.48. The molecule has 4 aromatic rings. The highest BCUT2D eigenvalue weighted by molar-refractivity contribution is 7.22. The lowest BCUT2D eigenvalue weighted by Gasteiger charge is -2.23. The van der Waals surface area contributed by atoms with Crippen molar-refractivity contribution in [1.29, 1.82) is 0 Å². The Morgan fingerprint density at radius 2 is 2.09 bits per heavy atom. The number of ether oxygens (including phenoxy) is 1. The zero-order valence-electron chi connectivity index (χ0n) is 18.0. The zero-order valence-corrected chi connectivity index (χ0v) is 18.8. The first-order valence-electron chi connectivity index (χ1n) is 11.2. The second-order valence-electron chi connectivity index (χ2n) is 8.55. The molecule has 0 radical (unpaired) electrons. The molecular weight excluding hydrogens is 438 g/mol. The maximum absolute atomic E-state index is 13.1. The average Bonchev–Trinajstić information content (AvgIpc) is 3.55. The van der Waals surface area contributed by atoms with Gasteiger partial charge in [-0.3, -0.25) is 14.8 Å². The van der Waals surface area contributed by atoms with Crippen molar-refractivity contribution in [3.63, 3.8) is 0 Å². The van der Waals surface area contributed by atoms with E-state index in [0.29, 0.717) is 17.1 Å². The average molecular weight is 462 g/mol. The number of hydrogen-bond acceptors (Lipinski definition) is 6. The van der Waals surface area contributed by atoms with Crippen LogP contribution >= 0.6 is 11.3 Å². The van der Waals surface area contributed by atoms with Crippen molar-refractivity contribution in [2.45, 2.75) is 44.8 Å². The Bertz CT molecular complexity index is 1390. The Labute approximate surface area is 193 Å². The molecule has 1 aromatic carbocycles. The molecule has 6 rings (SSSR count). The molecule has 1 unspecified atom stereocenters. The minimum atomic E-state index is -0.378. The van der Waals surface area contributed by atoms with Crippen LogP contribution in [0.25, 0.3) is 20.7 Å². The van der Waals surface area contributed by atoms with Gasteiger partial charge in [0.1, 0.15) is 17.1 Å². The first kappa shape index (κ1) is 20.2. The number of aromatic amines is 2. The fourth-order valence-corrected chi connectivity index (χ4v) is 6.09. The molecule has 1 aliphatic heterocycles. The largest absolute Gasteiger partial charge is 0.445 e. The Balaban J connectivity index is 1.33. The van der Waals surface area contributed by atoms with Crippen molar-refractivity contribution in [1.82, 2.24) is 25.1 Å². The second-order valence-corrected chi connectivity index (χ2v) is 9.57. The van der Waals surface area contributed by atoms with Gasteiger partial charge in [0.25, 0.3) is 5.56 Å². The molecule has 3 aromatic heterocycles. The Hall–Kier alpha value is -3.46. The van der Waals surface area contributed by atoms with Crippen LogP contribution in [0, 0.1) is 0 Å². The molecule has 1 aliphatic carbocycles. The Morgan fingerprint density at radius 3 is 2.97 bits per heavy atom. The lowest BCUT2D eigenvalue weighted by molar-refractivity contribution is 0.0908. The van der Waals surface area contributed by atoms with Gasteiger partial charge in [-0.15, -0.1) is 11.3 Å². The number of thiophene rings is 1. The quantitative estimate of drug-likeness (QED) is 0.472. The predicted octanol–water partition coefficient (Wildman–Crippen LogP) is 4.34. The van der Waals surface area contributed by atoms with Crippen molar-refractivity contribution >= 4 is 27.6 Å². The van der Waals surface area contributed by atoms with E-state index in [1.165, 1.54) is 11.3 Å². The van der Waals surface area contributed by atoms with Crippen LogP contribution in [0.2, 0.25) is 0 Å². The summed E-state index contributed by atoms with van der Waals surface area (Å²) >= 11 is 1.48. The molecular formula is C24H23N5O3S. The van der Waals surface area contributed by atoms with Crippen LogP contribution in [-0.4, -0.2) is 37.7 Å². The number of carbonyl (C=O) groups is 1. The van der Waals surface area contributed by atoms with Gasteiger partial charge < -0.3 is 9.72 Å². The van der Waals surface area contributed by atoms with Gasteiger partial charge in [0.05, 0.1) is 17.8 Å². The Kier molecular flexibility index (Phi) is 4.98. The van der Waals surface area contributed by atoms with Gasteiger partial charge in [-0.1, -0.05) is 30.3 Å². The molecule has 2 N–H and O–H groups in total. The van der Waals surface area contributed by atoms with E-state index < -0.39 is 0 Å². The molecule has 9 heteroatoms. The van der Waals surface area contributed by atoms with Crippen LogP contribution in [-0.2, 0) is 24.2 Å². The molecule has 4 heterocycles. The van der Waals surface area contributed by atoms with E-state index in [2.05, 4.69) is 15.2 Å². The minimum absolute atomic E-state index is 0.150. The molecule has 0 saturated carbocycles. The van der Waals surface area contributed by atoms with Gasteiger partial charge >= 0.3 is 6.09 Å². The number of likely N-dealkylation sites (tertiary alicyclic amines) is 1. The topological polar surface area (TPSA) is 104 Å². The maximum atomic E-state index is 13.1. The highest BCUT2D eigenvalue weighted by atomic mass is 32.1. The van der Waals surface area contributed by atoms with Crippen molar-refractivity contribution in [2.75, 3.05) is 6.54 Å². The van der Waals surface area contributed by atoms with E-state index in [4.69, 9.17) is 9.72 Å². The number of nitrogens with zero attached hydrogens (tertiary/aromatic N) is 3. The normalized spacial score (nSPS) is 17.6. The highest BCUT2D eigenvalue weighted by Crippen LogP contribution is 2.41. The molecule has 8 nitrogen and oxygen atoms in total. The van der Waals surface area contributed by atoms with Gasteiger partial charge in [0, 0.05) is 22.7 Å². The number of rotatable bonds is 3. The summed E-state index contributed by atoms with van der Waals surface area (Å²) in [5.41, 5.74) is 4.83. The smallest absolute Gasteiger partial charge is 0.410 e. The Morgan fingerprint density at radius 1 is 1.21 bits per heavy atom. The number of aromatic nitrogens is 4. The molecule has 168 valence electrons. The number of amides is 1. The number of aryl methyl sites for hydroxylation is 2. The third-order valence-corrected chi connectivity index (χ3v) is 7.74. The SMILES string of the molecule is O=C(OCc1ccccc1)N1CCCC1c1nc2c3c(sc2c(=O)[nH]1)-c1cn[nH]c1CCC3. The summed E-state index contributed by atoms with van der Waals surface area (Å²) in [6.45, 7) is 0.803. The summed E-state index contributed by atoms with van der Waals surface area (Å²) in [6.07, 6.45) is 5.81. The van der Waals surface area contributed by atoms with Crippen molar-refractivity contribution in [3.05, 3.63) is 69.5 Å². The molecule has 1 fully saturated rings. The van der Waals surface area contributed by atoms with E-state index in [1.54, 1.807) is 4.90 Å². The van der Waals surface area contributed by atoms with Crippen LogP contribution < -0.4 is 5.56 Å². The van der Waals surface area contributed by atoms with Crippen molar-refractivity contribution in [2.24, 2.45) is 0 Å². The van der Waals surface area contributed by atoms with Crippen LogP contribution in [0.1, 0.15) is 47.9 Å². The van der Waals surface area contributed by atoms with Gasteiger partial charge in [0.2, 0.25) is 0 Å². The van der Waals surface area contributed by atoms with Crippen molar-refractivity contribution < 1.29 is 9.53 Å². The molecule has 0 bridgehead atoms. The fourth-order valence-electron chi connectivity index (χ4n) is 4.87. The molecule has 1 atom stereocenters. The number of carbonyl (C=O) groups excluding carboxylic acids is 1. The summed E-state index contributed by atoms with van der Waals surface area (Å²) < 4.78 is 6.20. The van der Waals surface area contributed by atoms with Gasteiger partial charge in [0.15, 0.2) is 0 Å². The first-order chi connectivity index (χ1) is 16.2. The molecule has 2 aliphatic rings. The van der Waals surface area contributed by atoms with Crippen LogP contribution in [0.5, 0.6) is 0 Å². The van der Waals surface area contributed by atoms with Crippen LogP contribution in [0.3, 0.4) is 0 Å². The molecule has 33 heavy (non-hydrogen) atoms. The summed E-state index contributed by atoms with van der Waals surface area (Å²) in [5, 5.41) is 7.29. The van der Waals surface area contributed by atoms with Gasteiger partial charge in [-0.2, -0.15) is 5.10 Å². The lowest BCUT2D eigenvalue weighted by Crippen LogP contribution is -2.32. The monoisotopic (exact) mass is 461 g/mol. The second kappa shape index (κ2) is 8.15. The highest BCUT2D eigenvalue weighted by Gasteiger charge is 2.34.